The molecule has 0 saturated carbocycles. The normalized spacial score (nSPS) is 12.0. The summed E-state index contributed by atoms with van der Waals surface area (Å²) in [6, 6.07) is 7.95. The third-order valence-corrected chi connectivity index (χ3v) is 4.16. The highest BCUT2D eigenvalue weighted by Gasteiger charge is 2.31. The van der Waals surface area contributed by atoms with Gasteiger partial charge in [0.05, 0.1) is 10.5 Å². The van der Waals surface area contributed by atoms with Crippen molar-refractivity contribution in [2.24, 2.45) is 0 Å². The van der Waals surface area contributed by atoms with E-state index in [1.807, 2.05) is 0 Å². The van der Waals surface area contributed by atoms with Crippen LogP contribution in [-0.2, 0) is 9.84 Å². The molecule has 128 valence electrons. The van der Waals surface area contributed by atoms with E-state index in [0.29, 0.717) is 0 Å². The molecule has 0 heterocycles. The molecule has 0 fully saturated rings. The van der Waals surface area contributed by atoms with E-state index < -0.39 is 27.9 Å². The molecule has 0 radical (unpaired) electrons. The van der Waals surface area contributed by atoms with Crippen LogP contribution in [0.4, 0.5) is 13.2 Å². The number of carboxylic acids is 1. The number of sulfone groups is 1. The molecule has 0 bridgehead atoms. The van der Waals surface area contributed by atoms with Crippen molar-refractivity contribution in [3.05, 3.63) is 48.0 Å². The first-order valence-corrected chi connectivity index (χ1v) is 8.30. The van der Waals surface area contributed by atoms with Crippen LogP contribution < -0.4 is 4.74 Å². The first-order valence-electron chi connectivity index (χ1n) is 6.41. The van der Waals surface area contributed by atoms with Crippen LogP contribution in [0.1, 0.15) is 10.4 Å². The van der Waals surface area contributed by atoms with Crippen LogP contribution in [0.15, 0.2) is 47.4 Å². The molecule has 1 N–H and O–H groups in total. The molecule has 2 aromatic carbocycles. The van der Waals surface area contributed by atoms with Crippen LogP contribution in [0.25, 0.3) is 11.1 Å². The number of ether oxygens (including phenoxy) is 1. The van der Waals surface area contributed by atoms with Gasteiger partial charge in [0, 0.05) is 11.8 Å². The summed E-state index contributed by atoms with van der Waals surface area (Å²) >= 11 is 0. The Kier molecular flexibility index (Phi) is 4.57. The molecule has 0 aliphatic heterocycles. The van der Waals surface area contributed by atoms with Gasteiger partial charge in [-0.25, -0.2) is 13.2 Å². The topological polar surface area (TPSA) is 80.7 Å². The molecule has 0 spiro atoms. The van der Waals surface area contributed by atoms with Crippen molar-refractivity contribution in [3.63, 3.8) is 0 Å². The van der Waals surface area contributed by atoms with E-state index in [9.17, 15) is 26.4 Å². The van der Waals surface area contributed by atoms with Crippen LogP contribution in [0, 0.1) is 0 Å². The van der Waals surface area contributed by atoms with Gasteiger partial charge in [0.2, 0.25) is 0 Å². The molecule has 0 aliphatic rings. The SMILES string of the molecule is CS(=O)(=O)c1ccc(C(=O)O)cc1-c1cccc(OC(F)(F)F)c1. The van der Waals surface area contributed by atoms with Crippen molar-refractivity contribution < 1.29 is 36.2 Å². The summed E-state index contributed by atoms with van der Waals surface area (Å²) in [5.41, 5.74) is -0.134. The van der Waals surface area contributed by atoms with Gasteiger partial charge in [-0.2, -0.15) is 0 Å². The lowest BCUT2D eigenvalue weighted by Crippen LogP contribution is -2.17. The summed E-state index contributed by atoms with van der Waals surface area (Å²) in [5.74, 6) is -1.83. The quantitative estimate of drug-likeness (QED) is 0.904. The lowest BCUT2D eigenvalue weighted by Gasteiger charge is -2.12. The largest absolute Gasteiger partial charge is 0.573 e. The number of benzene rings is 2. The number of aromatic carboxylic acids is 1. The Balaban J connectivity index is 2.64. The summed E-state index contributed by atoms with van der Waals surface area (Å²) in [6.07, 6.45) is -3.98. The minimum absolute atomic E-state index is 0.0231. The van der Waals surface area contributed by atoms with E-state index in [4.69, 9.17) is 5.11 Å². The van der Waals surface area contributed by atoms with Crippen LogP contribution in [0.3, 0.4) is 0 Å². The van der Waals surface area contributed by atoms with E-state index in [1.165, 1.54) is 12.1 Å². The standard InChI is InChI=1S/C15H11F3O5S/c1-24(21,22)13-6-5-10(14(19)20)8-12(13)9-3-2-4-11(7-9)23-15(16,17)18/h2-8H,1H3,(H,19,20). The van der Waals surface area contributed by atoms with Crippen LogP contribution in [0.2, 0.25) is 0 Å². The van der Waals surface area contributed by atoms with Gasteiger partial charge in [-0.15, -0.1) is 13.2 Å². The highest BCUT2D eigenvalue weighted by molar-refractivity contribution is 7.90. The maximum Gasteiger partial charge on any atom is 0.573 e. The lowest BCUT2D eigenvalue weighted by molar-refractivity contribution is -0.274. The zero-order valence-corrected chi connectivity index (χ0v) is 13.0. The van der Waals surface area contributed by atoms with Crippen molar-refractivity contribution in [1.29, 1.82) is 0 Å². The maximum atomic E-state index is 12.3. The maximum absolute atomic E-state index is 12.3. The third-order valence-electron chi connectivity index (χ3n) is 3.00. The zero-order valence-electron chi connectivity index (χ0n) is 12.2. The van der Waals surface area contributed by atoms with Gasteiger partial charge in [-0.3, -0.25) is 0 Å². The number of rotatable bonds is 4. The molecule has 0 atom stereocenters. The summed E-state index contributed by atoms with van der Waals surface area (Å²) in [5, 5.41) is 9.03. The van der Waals surface area contributed by atoms with Gasteiger partial charge in [0.25, 0.3) is 0 Å². The van der Waals surface area contributed by atoms with Crippen molar-refractivity contribution in [1.82, 2.24) is 0 Å². The fourth-order valence-corrected chi connectivity index (χ4v) is 2.96. The van der Waals surface area contributed by atoms with Gasteiger partial charge < -0.3 is 9.84 Å². The average molecular weight is 360 g/mol. The van der Waals surface area contributed by atoms with Crippen LogP contribution >= 0.6 is 0 Å². The Hall–Kier alpha value is -2.55. The predicted octanol–water partition coefficient (Wildman–Crippen LogP) is 3.35. The Morgan fingerprint density at radius 1 is 1.12 bits per heavy atom. The van der Waals surface area contributed by atoms with E-state index in [1.54, 1.807) is 0 Å². The molecule has 0 aliphatic carbocycles. The first kappa shape index (κ1) is 17.8. The highest BCUT2D eigenvalue weighted by Crippen LogP contribution is 2.32. The van der Waals surface area contributed by atoms with Crippen LogP contribution in [-0.4, -0.2) is 32.1 Å². The summed E-state index contributed by atoms with van der Waals surface area (Å²) in [7, 11) is -3.73. The Bertz CT molecular complexity index is 888. The fourth-order valence-electron chi connectivity index (χ4n) is 2.07. The molecule has 0 amide bonds. The Labute approximate surface area is 135 Å². The number of hydrogen-bond donors (Lipinski definition) is 1. The van der Waals surface area contributed by atoms with Gasteiger partial charge >= 0.3 is 12.3 Å². The number of halogens is 3. The van der Waals surface area contributed by atoms with E-state index in [2.05, 4.69) is 4.74 Å². The highest BCUT2D eigenvalue weighted by atomic mass is 32.2. The molecule has 2 rings (SSSR count). The fraction of sp³-hybridized carbons (Fsp3) is 0.133. The molecule has 5 nitrogen and oxygen atoms in total. The predicted molar refractivity (Wildman–Crippen MR) is 78.6 cm³/mol. The van der Waals surface area contributed by atoms with E-state index in [0.717, 1.165) is 36.6 Å². The Morgan fingerprint density at radius 2 is 1.79 bits per heavy atom. The molecule has 0 aromatic heterocycles. The van der Waals surface area contributed by atoms with E-state index in [-0.39, 0.29) is 21.6 Å². The van der Waals surface area contributed by atoms with Gasteiger partial charge in [-0.1, -0.05) is 12.1 Å². The Morgan fingerprint density at radius 3 is 2.33 bits per heavy atom. The zero-order chi connectivity index (χ0) is 18.1. The number of alkyl halides is 3. The molecule has 24 heavy (non-hydrogen) atoms. The molecular weight excluding hydrogens is 349 g/mol. The second-order valence-corrected chi connectivity index (χ2v) is 6.85. The summed E-state index contributed by atoms with van der Waals surface area (Å²) < 4.78 is 64.5. The third kappa shape index (κ3) is 4.25. The minimum Gasteiger partial charge on any atom is -0.478 e. The molecule has 2 aromatic rings. The van der Waals surface area contributed by atoms with Gasteiger partial charge in [0.15, 0.2) is 9.84 Å². The smallest absolute Gasteiger partial charge is 0.478 e. The summed E-state index contributed by atoms with van der Waals surface area (Å²) in [6.45, 7) is 0. The minimum atomic E-state index is -4.90. The number of hydrogen-bond acceptors (Lipinski definition) is 4. The van der Waals surface area contributed by atoms with E-state index >= 15 is 0 Å². The second kappa shape index (κ2) is 6.16. The van der Waals surface area contributed by atoms with Crippen molar-refractivity contribution in [3.8, 4) is 16.9 Å². The number of carbonyl (C=O) groups is 1. The van der Waals surface area contributed by atoms with Crippen LogP contribution in [0.5, 0.6) is 5.75 Å². The molecule has 0 unspecified atom stereocenters. The average Bonchev–Trinajstić information content (AvgIpc) is 2.44. The van der Waals surface area contributed by atoms with Crippen molar-refractivity contribution in [2.45, 2.75) is 11.3 Å². The van der Waals surface area contributed by atoms with Crippen molar-refractivity contribution >= 4 is 15.8 Å². The monoisotopic (exact) mass is 360 g/mol. The van der Waals surface area contributed by atoms with Crippen molar-refractivity contribution in [2.75, 3.05) is 6.26 Å². The molecule has 9 heteroatoms. The summed E-state index contributed by atoms with van der Waals surface area (Å²) in [4.78, 5) is 10.9. The molecular formula is C15H11F3O5S. The van der Waals surface area contributed by atoms with Gasteiger partial charge in [0.1, 0.15) is 5.75 Å². The first-order chi connectivity index (χ1) is 11.0. The number of carboxylic acid groups (broad SMARTS) is 1. The lowest BCUT2D eigenvalue weighted by atomic mass is 10.0. The second-order valence-electron chi connectivity index (χ2n) is 4.86. The molecule has 0 saturated heterocycles. The van der Waals surface area contributed by atoms with Gasteiger partial charge in [-0.05, 0) is 35.9 Å².